The average molecular weight is 267 g/mol. The quantitative estimate of drug-likeness (QED) is 0.863. The van der Waals surface area contributed by atoms with Gasteiger partial charge in [0.15, 0.2) is 0 Å². The van der Waals surface area contributed by atoms with Crippen molar-refractivity contribution in [2.45, 2.75) is 25.2 Å². The summed E-state index contributed by atoms with van der Waals surface area (Å²) in [6.07, 6.45) is 0.669. The van der Waals surface area contributed by atoms with Gasteiger partial charge in [-0.3, -0.25) is 0 Å². The Balaban J connectivity index is 2.08. The number of rotatable bonds is 1. The molecule has 1 aromatic carbocycles. The zero-order valence-electron chi connectivity index (χ0n) is 9.98. The number of hydrogen-bond acceptors (Lipinski definition) is 2. The molecule has 3 rings (SSSR count). The average Bonchev–Trinajstić information content (AvgIpc) is 2.76. The Hall–Kier alpha value is -1.82. The monoisotopic (exact) mass is 267 g/mol. The molecule has 2 atom stereocenters. The molecule has 100 valence electrons. The number of hydrogen-bond donors (Lipinski definition) is 1. The van der Waals surface area contributed by atoms with Gasteiger partial charge in [0.2, 0.25) is 0 Å². The van der Waals surface area contributed by atoms with Crippen LogP contribution in [0.25, 0.3) is 11.3 Å². The van der Waals surface area contributed by atoms with Crippen LogP contribution < -0.4 is 5.73 Å². The van der Waals surface area contributed by atoms with E-state index in [0.29, 0.717) is 5.82 Å². The normalized spacial score (nSPS) is 22.3. The fraction of sp³-hybridized carbons (Fsp3) is 0.308. The summed E-state index contributed by atoms with van der Waals surface area (Å²) >= 11 is 0. The van der Waals surface area contributed by atoms with E-state index in [1.807, 2.05) is 0 Å². The number of alkyl halides is 1. The largest absolute Gasteiger partial charge is 0.330 e. The van der Waals surface area contributed by atoms with Crippen molar-refractivity contribution < 1.29 is 13.2 Å². The summed E-state index contributed by atoms with van der Waals surface area (Å²) in [6.45, 7) is 0.146. The van der Waals surface area contributed by atoms with E-state index in [1.54, 1.807) is 4.57 Å². The summed E-state index contributed by atoms with van der Waals surface area (Å²) in [5, 5.41) is 0. The van der Waals surface area contributed by atoms with Gasteiger partial charge in [-0.15, -0.1) is 0 Å². The van der Waals surface area contributed by atoms with E-state index < -0.39 is 23.8 Å². The maximum Gasteiger partial charge on any atom is 0.132 e. The van der Waals surface area contributed by atoms with Crippen molar-refractivity contribution in [3.8, 4) is 11.3 Å². The van der Waals surface area contributed by atoms with Crippen LogP contribution in [0.5, 0.6) is 0 Å². The minimum absolute atomic E-state index is 0.0597. The van der Waals surface area contributed by atoms with Crippen molar-refractivity contribution in [3.05, 3.63) is 41.9 Å². The summed E-state index contributed by atoms with van der Waals surface area (Å²) in [7, 11) is 0. The lowest BCUT2D eigenvalue weighted by molar-refractivity contribution is 0.230. The minimum atomic E-state index is -1.04. The van der Waals surface area contributed by atoms with Gasteiger partial charge in [0.1, 0.15) is 23.6 Å². The molecule has 0 saturated heterocycles. The summed E-state index contributed by atoms with van der Waals surface area (Å²) in [5.74, 6) is -0.607. The van der Waals surface area contributed by atoms with Crippen LogP contribution in [0.15, 0.2) is 24.4 Å². The van der Waals surface area contributed by atoms with Gasteiger partial charge in [0, 0.05) is 18.2 Å². The van der Waals surface area contributed by atoms with Crippen molar-refractivity contribution in [2.24, 2.45) is 5.73 Å². The van der Waals surface area contributed by atoms with E-state index in [2.05, 4.69) is 4.98 Å². The van der Waals surface area contributed by atoms with Gasteiger partial charge in [-0.05, 0) is 18.2 Å². The highest BCUT2D eigenvalue weighted by Gasteiger charge is 2.27. The highest BCUT2D eigenvalue weighted by molar-refractivity contribution is 5.59. The molecule has 0 aliphatic carbocycles. The molecule has 0 bridgehead atoms. The molecule has 6 heteroatoms. The van der Waals surface area contributed by atoms with Crippen molar-refractivity contribution in [3.63, 3.8) is 0 Å². The zero-order chi connectivity index (χ0) is 13.6. The Bertz CT molecular complexity index is 624. The summed E-state index contributed by atoms with van der Waals surface area (Å²) in [5.41, 5.74) is 6.14. The second-order valence-electron chi connectivity index (χ2n) is 4.70. The van der Waals surface area contributed by atoms with Crippen molar-refractivity contribution in [2.75, 3.05) is 0 Å². The molecule has 0 amide bonds. The number of nitrogens with zero attached hydrogens (tertiary/aromatic N) is 2. The molecule has 2 aromatic rings. The molecular formula is C13H12F3N3. The van der Waals surface area contributed by atoms with E-state index in [9.17, 15) is 13.2 Å². The fourth-order valence-corrected chi connectivity index (χ4v) is 2.36. The number of benzene rings is 1. The first kappa shape index (κ1) is 12.2. The maximum absolute atomic E-state index is 13.7. The predicted octanol–water partition coefficient (Wildman–Crippen LogP) is 2.57. The Labute approximate surface area is 107 Å². The third kappa shape index (κ3) is 2.12. The predicted molar refractivity (Wildman–Crippen MR) is 64.0 cm³/mol. The fourth-order valence-electron chi connectivity index (χ4n) is 2.36. The molecule has 0 spiro atoms. The number of nitrogens with two attached hydrogens (primary N) is 1. The van der Waals surface area contributed by atoms with Gasteiger partial charge in [-0.25, -0.2) is 18.2 Å². The van der Waals surface area contributed by atoms with Gasteiger partial charge in [0.25, 0.3) is 0 Å². The van der Waals surface area contributed by atoms with Gasteiger partial charge in [-0.2, -0.15) is 0 Å². The van der Waals surface area contributed by atoms with Gasteiger partial charge >= 0.3 is 0 Å². The molecule has 1 aromatic heterocycles. The van der Waals surface area contributed by atoms with E-state index in [-0.39, 0.29) is 24.2 Å². The number of halogens is 3. The lowest BCUT2D eigenvalue weighted by Gasteiger charge is -2.22. The first-order chi connectivity index (χ1) is 9.04. The molecule has 2 unspecified atom stereocenters. The van der Waals surface area contributed by atoms with Crippen LogP contribution >= 0.6 is 0 Å². The van der Waals surface area contributed by atoms with Gasteiger partial charge in [-0.1, -0.05) is 0 Å². The standard InChI is InChI=1S/C13H12F3N3/c14-7-1-2-10(16)9(3-7)12-6-19-5-8(15)4-11(17)13(19)18-12/h1-3,6,8,11H,4-5,17H2. The second-order valence-corrected chi connectivity index (χ2v) is 4.70. The number of imidazole rings is 1. The molecule has 2 heterocycles. The molecule has 0 saturated carbocycles. The molecule has 0 radical (unpaired) electrons. The Kier molecular flexibility index (Phi) is 2.82. The Morgan fingerprint density at radius 1 is 1.32 bits per heavy atom. The maximum atomic E-state index is 13.7. The van der Waals surface area contributed by atoms with Gasteiger partial charge < -0.3 is 10.3 Å². The number of fused-ring (bicyclic) bond motifs is 1. The molecule has 2 N–H and O–H groups in total. The summed E-state index contributed by atoms with van der Waals surface area (Å²) in [4.78, 5) is 4.20. The molecular weight excluding hydrogens is 255 g/mol. The molecule has 1 aliphatic rings. The molecule has 1 aliphatic heterocycles. The lowest BCUT2D eigenvalue weighted by atomic mass is 10.1. The van der Waals surface area contributed by atoms with E-state index in [0.717, 1.165) is 18.2 Å². The van der Waals surface area contributed by atoms with Crippen LogP contribution in [0.3, 0.4) is 0 Å². The van der Waals surface area contributed by atoms with E-state index in [4.69, 9.17) is 5.73 Å². The van der Waals surface area contributed by atoms with Crippen LogP contribution in [0.1, 0.15) is 18.3 Å². The third-order valence-electron chi connectivity index (χ3n) is 3.25. The van der Waals surface area contributed by atoms with Crippen molar-refractivity contribution >= 4 is 0 Å². The third-order valence-corrected chi connectivity index (χ3v) is 3.25. The van der Waals surface area contributed by atoms with Gasteiger partial charge in [0.05, 0.1) is 18.3 Å². The van der Waals surface area contributed by atoms with E-state index in [1.165, 1.54) is 6.20 Å². The van der Waals surface area contributed by atoms with Crippen molar-refractivity contribution in [1.29, 1.82) is 0 Å². The molecule has 0 fully saturated rings. The first-order valence-corrected chi connectivity index (χ1v) is 5.96. The second kappa shape index (κ2) is 4.38. The summed E-state index contributed by atoms with van der Waals surface area (Å²) in [6, 6.07) is 2.63. The van der Waals surface area contributed by atoms with E-state index >= 15 is 0 Å². The Morgan fingerprint density at radius 3 is 2.89 bits per heavy atom. The Morgan fingerprint density at radius 2 is 2.11 bits per heavy atom. The topological polar surface area (TPSA) is 43.8 Å². The van der Waals surface area contributed by atoms with Crippen LogP contribution in [0.4, 0.5) is 13.2 Å². The van der Waals surface area contributed by atoms with Crippen LogP contribution in [0.2, 0.25) is 0 Å². The smallest absolute Gasteiger partial charge is 0.132 e. The SMILES string of the molecule is NC1CC(F)Cn2cc(-c3cc(F)ccc3F)nc21. The highest BCUT2D eigenvalue weighted by atomic mass is 19.1. The van der Waals surface area contributed by atoms with Crippen LogP contribution in [-0.4, -0.2) is 15.7 Å². The molecule has 19 heavy (non-hydrogen) atoms. The van der Waals surface area contributed by atoms with Crippen LogP contribution in [0, 0.1) is 11.6 Å². The highest BCUT2D eigenvalue weighted by Crippen LogP contribution is 2.29. The lowest BCUT2D eigenvalue weighted by Crippen LogP contribution is -2.29. The summed E-state index contributed by atoms with van der Waals surface area (Å²) < 4.78 is 41.8. The molecule has 3 nitrogen and oxygen atoms in total. The minimum Gasteiger partial charge on any atom is -0.330 e. The van der Waals surface area contributed by atoms with Crippen LogP contribution in [-0.2, 0) is 6.54 Å². The zero-order valence-corrected chi connectivity index (χ0v) is 9.98. The first-order valence-electron chi connectivity index (χ1n) is 5.96. The van der Waals surface area contributed by atoms with Crippen molar-refractivity contribution in [1.82, 2.24) is 9.55 Å². The number of aromatic nitrogens is 2.